The third kappa shape index (κ3) is 2.60. The van der Waals surface area contributed by atoms with E-state index in [-0.39, 0.29) is 0 Å². The fourth-order valence-corrected chi connectivity index (χ4v) is 2.54. The molecule has 2 heterocycles. The molecule has 1 N–H and O–H groups in total. The van der Waals surface area contributed by atoms with Gasteiger partial charge in [0.05, 0.1) is 16.8 Å². The van der Waals surface area contributed by atoms with E-state index in [2.05, 4.69) is 16.4 Å². The molecular formula is C16H22BN3O2. The number of nitriles is 1. The van der Waals surface area contributed by atoms with Crippen LogP contribution < -0.4 is 10.8 Å². The molecule has 0 atom stereocenters. The van der Waals surface area contributed by atoms with Crippen LogP contribution in [0.1, 0.15) is 52.5 Å². The Kier molecular flexibility index (Phi) is 3.66. The molecule has 0 radical (unpaired) electrons. The van der Waals surface area contributed by atoms with Gasteiger partial charge in [0, 0.05) is 17.7 Å². The molecule has 0 aromatic carbocycles. The number of rotatable bonds is 3. The van der Waals surface area contributed by atoms with E-state index in [9.17, 15) is 5.26 Å². The Morgan fingerprint density at radius 3 is 2.41 bits per heavy atom. The van der Waals surface area contributed by atoms with Gasteiger partial charge in [-0.2, -0.15) is 5.26 Å². The van der Waals surface area contributed by atoms with Crippen LogP contribution in [0.4, 0.5) is 5.82 Å². The van der Waals surface area contributed by atoms with Crippen molar-refractivity contribution in [1.82, 2.24) is 4.98 Å². The van der Waals surface area contributed by atoms with Gasteiger partial charge in [0.2, 0.25) is 0 Å². The molecule has 0 spiro atoms. The van der Waals surface area contributed by atoms with Gasteiger partial charge in [-0.1, -0.05) is 0 Å². The topological polar surface area (TPSA) is 67.2 Å². The lowest BCUT2D eigenvalue weighted by Crippen LogP contribution is -2.41. The van der Waals surface area contributed by atoms with Gasteiger partial charge in [-0.05, 0) is 53.0 Å². The van der Waals surface area contributed by atoms with Crippen molar-refractivity contribution in [1.29, 1.82) is 5.26 Å². The van der Waals surface area contributed by atoms with E-state index in [0.29, 0.717) is 17.4 Å². The molecular weight excluding hydrogens is 277 g/mol. The highest BCUT2D eigenvalue weighted by atomic mass is 16.7. The minimum atomic E-state index is -0.484. The molecule has 1 aliphatic heterocycles. The zero-order valence-corrected chi connectivity index (χ0v) is 13.6. The summed E-state index contributed by atoms with van der Waals surface area (Å²) in [4.78, 5) is 4.42. The van der Waals surface area contributed by atoms with Gasteiger partial charge >= 0.3 is 7.12 Å². The maximum atomic E-state index is 9.38. The number of hydrogen-bond donors (Lipinski definition) is 1. The normalized spacial score (nSPS) is 23.0. The summed E-state index contributed by atoms with van der Waals surface area (Å²) < 4.78 is 12.0. The van der Waals surface area contributed by atoms with E-state index < -0.39 is 18.3 Å². The predicted molar refractivity (Wildman–Crippen MR) is 85.9 cm³/mol. The number of pyridine rings is 1. The summed E-state index contributed by atoms with van der Waals surface area (Å²) in [5.74, 6) is 0.660. The minimum Gasteiger partial charge on any atom is -0.399 e. The number of nitrogens with zero attached hydrogens (tertiary/aromatic N) is 2. The van der Waals surface area contributed by atoms with Crippen LogP contribution in [0, 0.1) is 11.3 Å². The fraction of sp³-hybridized carbons (Fsp3) is 0.625. The molecule has 22 heavy (non-hydrogen) atoms. The van der Waals surface area contributed by atoms with Crippen molar-refractivity contribution in [3.8, 4) is 6.07 Å². The monoisotopic (exact) mass is 299 g/mol. The van der Waals surface area contributed by atoms with Crippen molar-refractivity contribution >= 4 is 18.4 Å². The Labute approximate surface area is 132 Å². The molecule has 6 heteroatoms. The van der Waals surface area contributed by atoms with E-state index in [0.717, 1.165) is 18.3 Å². The molecule has 1 saturated heterocycles. The predicted octanol–water partition coefficient (Wildman–Crippen LogP) is 2.22. The van der Waals surface area contributed by atoms with Crippen molar-refractivity contribution in [2.75, 3.05) is 5.32 Å². The average molecular weight is 299 g/mol. The molecule has 0 unspecified atom stereocenters. The molecule has 1 aromatic heterocycles. The van der Waals surface area contributed by atoms with Crippen LogP contribution in [-0.4, -0.2) is 29.3 Å². The van der Waals surface area contributed by atoms with Gasteiger partial charge in [0.25, 0.3) is 0 Å². The highest BCUT2D eigenvalue weighted by Gasteiger charge is 2.51. The highest BCUT2D eigenvalue weighted by Crippen LogP contribution is 2.36. The lowest BCUT2D eigenvalue weighted by Gasteiger charge is -2.32. The van der Waals surface area contributed by atoms with Crippen molar-refractivity contribution < 1.29 is 9.31 Å². The van der Waals surface area contributed by atoms with Gasteiger partial charge in [-0.3, -0.25) is 0 Å². The first-order valence-electron chi connectivity index (χ1n) is 7.84. The second-order valence-electron chi connectivity index (χ2n) is 7.14. The Hall–Kier alpha value is -1.58. The van der Waals surface area contributed by atoms with Crippen LogP contribution in [0.5, 0.6) is 0 Å². The molecule has 5 nitrogen and oxygen atoms in total. The van der Waals surface area contributed by atoms with Crippen LogP contribution in [0.15, 0.2) is 12.3 Å². The summed E-state index contributed by atoms with van der Waals surface area (Å²) in [7, 11) is -0.484. The summed E-state index contributed by atoms with van der Waals surface area (Å²) in [5.41, 5.74) is 0.536. The zero-order chi connectivity index (χ0) is 16.0. The second-order valence-corrected chi connectivity index (χ2v) is 7.14. The van der Waals surface area contributed by atoms with Crippen LogP contribution >= 0.6 is 0 Å². The molecule has 2 aliphatic rings. The van der Waals surface area contributed by atoms with E-state index in [1.807, 2.05) is 33.8 Å². The van der Waals surface area contributed by atoms with Gasteiger partial charge in [-0.25, -0.2) is 4.98 Å². The third-order valence-electron chi connectivity index (χ3n) is 5.00. The van der Waals surface area contributed by atoms with Crippen LogP contribution in [0.25, 0.3) is 0 Å². The Balaban J connectivity index is 1.82. The zero-order valence-electron chi connectivity index (χ0n) is 13.6. The summed E-state index contributed by atoms with van der Waals surface area (Å²) in [6.45, 7) is 8.05. The highest BCUT2D eigenvalue weighted by molar-refractivity contribution is 6.62. The van der Waals surface area contributed by atoms with E-state index in [1.54, 1.807) is 6.20 Å². The molecule has 1 saturated carbocycles. The lowest BCUT2D eigenvalue weighted by molar-refractivity contribution is 0.00578. The first-order chi connectivity index (χ1) is 10.3. The Morgan fingerprint density at radius 2 is 1.91 bits per heavy atom. The lowest BCUT2D eigenvalue weighted by atomic mass is 9.79. The largest absolute Gasteiger partial charge is 0.496 e. The van der Waals surface area contributed by atoms with Gasteiger partial charge in [0.1, 0.15) is 11.9 Å². The molecule has 0 amide bonds. The van der Waals surface area contributed by atoms with Crippen molar-refractivity contribution in [3.05, 3.63) is 17.8 Å². The Bertz CT molecular complexity index is 604. The minimum absolute atomic E-state index is 0.396. The standard InChI is InChI=1S/C16H22BN3O2/c1-15(2)16(3,4)22-17(21-15)12-8-11(9-18)14(19-10-12)20-13-6-5-7-13/h8,10,13H,5-7H2,1-4H3,(H,19,20). The Morgan fingerprint density at radius 1 is 1.27 bits per heavy atom. The molecule has 116 valence electrons. The van der Waals surface area contributed by atoms with Gasteiger partial charge < -0.3 is 14.6 Å². The first kappa shape index (κ1) is 15.3. The molecule has 0 bridgehead atoms. The fourth-order valence-electron chi connectivity index (χ4n) is 2.54. The summed E-state index contributed by atoms with van der Waals surface area (Å²) in [6.07, 6.45) is 5.27. The second kappa shape index (κ2) is 5.25. The smallest absolute Gasteiger partial charge is 0.399 e. The SMILES string of the molecule is CC1(C)OB(c2cnc(NC3CCC3)c(C#N)c2)OC1(C)C. The third-order valence-corrected chi connectivity index (χ3v) is 5.00. The van der Waals surface area contributed by atoms with Crippen molar-refractivity contribution in [2.45, 2.75) is 64.2 Å². The maximum absolute atomic E-state index is 9.38. The molecule has 3 rings (SSSR count). The molecule has 2 fully saturated rings. The molecule has 1 aromatic rings. The maximum Gasteiger partial charge on any atom is 0.496 e. The number of nitrogens with one attached hydrogen (secondary N) is 1. The van der Waals surface area contributed by atoms with E-state index in [4.69, 9.17) is 9.31 Å². The number of hydrogen-bond acceptors (Lipinski definition) is 5. The van der Waals surface area contributed by atoms with Crippen LogP contribution in [-0.2, 0) is 9.31 Å². The number of aromatic nitrogens is 1. The van der Waals surface area contributed by atoms with E-state index >= 15 is 0 Å². The van der Waals surface area contributed by atoms with E-state index in [1.165, 1.54) is 6.42 Å². The van der Waals surface area contributed by atoms with Crippen LogP contribution in [0.2, 0.25) is 0 Å². The van der Waals surface area contributed by atoms with Crippen LogP contribution in [0.3, 0.4) is 0 Å². The summed E-state index contributed by atoms with van der Waals surface area (Å²) >= 11 is 0. The van der Waals surface area contributed by atoms with Crippen molar-refractivity contribution in [3.63, 3.8) is 0 Å². The van der Waals surface area contributed by atoms with Gasteiger partial charge in [0.15, 0.2) is 0 Å². The summed E-state index contributed by atoms with van der Waals surface area (Å²) in [5, 5.41) is 12.7. The molecule has 1 aliphatic carbocycles. The van der Waals surface area contributed by atoms with Crippen molar-refractivity contribution in [2.24, 2.45) is 0 Å². The quantitative estimate of drug-likeness (QED) is 0.867. The van der Waals surface area contributed by atoms with Gasteiger partial charge in [-0.15, -0.1) is 0 Å². The number of anilines is 1. The first-order valence-corrected chi connectivity index (χ1v) is 7.84. The average Bonchev–Trinajstić information content (AvgIpc) is 2.63. The summed E-state index contributed by atoms with van der Waals surface area (Å²) in [6, 6.07) is 4.48.